The number of rotatable bonds is 11. The van der Waals surface area contributed by atoms with Crippen molar-refractivity contribution in [1.82, 2.24) is 10.6 Å². The number of aliphatic hydroxyl groups is 6. The van der Waals surface area contributed by atoms with Gasteiger partial charge in [-0.15, -0.1) is 23.5 Å². The summed E-state index contributed by atoms with van der Waals surface area (Å²) in [5.41, 5.74) is -1.22. The Kier molecular flexibility index (Phi) is 21.6. The van der Waals surface area contributed by atoms with Crippen molar-refractivity contribution in [2.75, 3.05) is 32.8 Å². The maximum atomic E-state index is 12.5. The van der Waals surface area contributed by atoms with Crippen molar-refractivity contribution in [2.45, 2.75) is 113 Å². The Hall–Kier alpha value is -1.18. The first-order valence-electron chi connectivity index (χ1n) is 15.2. The molecule has 8 N–H and O–H groups in total. The normalized spacial score (nSPS) is 32.6. The van der Waals surface area contributed by atoms with E-state index in [-0.39, 0.29) is 36.4 Å². The summed E-state index contributed by atoms with van der Waals surface area (Å²) in [5, 5.41) is 60.1. The first-order chi connectivity index (χ1) is 22.9. The third-order valence-electron chi connectivity index (χ3n) is 8.12. The van der Waals surface area contributed by atoms with Crippen molar-refractivity contribution < 1.29 is 85.8 Å². The Labute approximate surface area is 294 Å². The first kappa shape index (κ1) is 48.8. The molecule has 0 aromatic heterocycles. The average molecular weight is 785 g/mol. The highest BCUT2D eigenvalue weighted by atomic mass is 32.2. The van der Waals surface area contributed by atoms with E-state index >= 15 is 0 Å². The summed E-state index contributed by atoms with van der Waals surface area (Å²) in [7, 11) is 1.40. The van der Waals surface area contributed by atoms with E-state index in [2.05, 4.69) is 9.78 Å². The number of thioether (sulfide) groups is 2. The SMILES string of the molecule is COOCCO.CSC1O[C@H]([C@H](NC(=O)C(F)(F)F)[C@@H](C)O)C(C)[C@@H](C)[C@H]1C.CSC1O[C@H]([C@H](NC(=O)C(F)(F)F)[C@@H](C)O)C(O)[C@@H](O)[C@H]1O. The maximum Gasteiger partial charge on any atom is 0.471 e. The number of alkyl halides is 6. The van der Waals surface area contributed by atoms with Crippen LogP contribution in [-0.4, -0.2) is 153 Å². The van der Waals surface area contributed by atoms with E-state index in [4.69, 9.17) is 14.6 Å². The van der Waals surface area contributed by atoms with Gasteiger partial charge in [0.1, 0.15) is 41.9 Å². The van der Waals surface area contributed by atoms with Crippen molar-refractivity contribution >= 4 is 35.3 Å². The van der Waals surface area contributed by atoms with Crippen molar-refractivity contribution in [1.29, 1.82) is 0 Å². The number of halogens is 6. The molecule has 0 aliphatic carbocycles. The Morgan fingerprint density at radius 1 is 0.740 bits per heavy atom. The summed E-state index contributed by atoms with van der Waals surface area (Å²) < 4.78 is 85.5. The minimum Gasteiger partial charge on any atom is -0.394 e. The van der Waals surface area contributed by atoms with Crippen LogP contribution in [0.25, 0.3) is 0 Å². The van der Waals surface area contributed by atoms with Gasteiger partial charge >= 0.3 is 24.2 Å². The lowest BCUT2D eigenvalue weighted by molar-refractivity contribution is -0.275. The average Bonchev–Trinajstić information content (AvgIpc) is 3.03. The molecule has 2 aliphatic rings. The highest BCUT2D eigenvalue weighted by Crippen LogP contribution is 2.40. The molecule has 0 spiro atoms. The monoisotopic (exact) mass is 784 g/mol. The predicted octanol–water partition coefficient (Wildman–Crippen LogP) is 0.552. The highest BCUT2D eigenvalue weighted by Gasteiger charge is 2.50. The number of hydrogen-bond acceptors (Lipinski definition) is 14. The molecule has 2 aliphatic heterocycles. The smallest absolute Gasteiger partial charge is 0.394 e. The molecule has 0 saturated carbocycles. The van der Waals surface area contributed by atoms with Crippen molar-refractivity contribution in [3.8, 4) is 0 Å². The fourth-order valence-electron chi connectivity index (χ4n) is 5.02. The highest BCUT2D eigenvalue weighted by molar-refractivity contribution is 7.99. The van der Waals surface area contributed by atoms with Gasteiger partial charge in [-0.1, -0.05) is 20.8 Å². The third-order valence-corrected chi connectivity index (χ3v) is 9.98. The number of ether oxygens (including phenoxy) is 2. The zero-order valence-electron chi connectivity index (χ0n) is 28.7. The van der Waals surface area contributed by atoms with E-state index in [0.29, 0.717) is 0 Å². The molecule has 14 atom stereocenters. The number of aliphatic hydroxyl groups excluding tert-OH is 6. The number of carbonyl (C=O) groups is 2. The van der Waals surface area contributed by atoms with Gasteiger partial charge in [0.25, 0.3) is 0 Å². The first-order valence-corrected chi connectivity index (χ1v) is 17.8. The van der Waals surface area contributed by atoms with Crippen LogP contribution in [0.1, 0.15) is 34.6 Å². The Morgan fingerprint density at radius 3 is 1.50 bits per heavy atom. The minimum absolute atomic E-state index is 0.00778. The molecular weight excluding hydrogens is 734 g/mol. The largest absolute Gasteiger partial charge is 0.471 e. The molecule has 0 radical (unpaired) electrons. The molecule has 2 amide bonds. The molecule has 0 aromatic rings. The van der Waals surface area contributed by atoms with Gasteiger partial charge in [0.2, 0.25) is 0 Å². The molecule has 0 bridgehead atoms. The molecule has 50 heavy (non-hydrogen) atoms. The minimum atomic E-state index is -5.18. The molecular formula is C28H50F6N2O12S2. The summed E-state index contributed by atoms with van der Waals surface area (Å²) in [6.45, 7) is 8.63. The van der Waals surface area contributed by atoms with E-state index in [1.807, 2.05) is 32.3 Å². The van der Waals surface area contributed by atoms with Crippen LogP contribution < -0.4 is 10.6 Å². The van der Waals surface area contributed by atoms with Crippen molar-refractivity contribution in [2.24, 2.45) is 17.8 Å². The lowest BCUT2D eigenvalue weighted by atomic mass is 9.77. The van der Waals surface area contributed by atoms with Gasteiger partial charge in [0, 0.05) is 0 Å². The Morgan fingerprint density at radius 2 is 1.16 bits per heavy atom. The summed E-state index contributed by atoms with van der Waals surface area (Å²) in [6.07, 6.45) is -16.6. The van der Waals surface area contributed by atoms with Crippen LogP contribution in [0.2, 0.25) is 0 Å². The lowest BCUT2D eigenvalue weighted by Crippen LogP contribution is -2.65. The Balaban J connectivity index is 0.000000826. The second-order valence-corrected chi connectivity index (χ2v) is 13.5. The maximum absolute atomic E-state index is 12.5. The zero-order chi connectivity index (χ0) is 39.3. The van der Waals surface area contributed by atoms with Gasteiger partial charge in [0.15, 0.2) is 0 Å². The quantitative estimate of drug-likeness (QED) is 0.0622. The van der Waals surface area contributed by atoms with E-state index in [1.54, 1.807) is 0 Å². The van der Waals surface area contributed by atoms with Gasteiger partial charge in [-0.25, -0.2) is 9.78 Å². The Bertz CT molecular complexity index is 924. The van der Waals surface area contributed by atoms with Crippen LogP contribution in [-0.2, 0) is 28.8 Å². The molecule has 2 rings (SSSR count). The summed E-state index contributed by atoms with van der Waals surface area (Å²) >= 11 is 2.44. The number of amides is 2. The van der Waals surface area contributed by atoms with Crippen LogP contribution >= 0.6 is 23.5 Å². The number of nitrogens with one attached hydrogen (secondary N) is 2. The van der Waals surface area contributed by atoms with Crippen molar-refractivity contribution in [3.05, 3.63) is 0 Å². The fourth-order valence-corrected chi connectivity index (χ4v) is 6.61. The van der Waals surface area contributed by atoms with Gasteiger partial charge in [0.05, 0.1) is 44.1 Å². The van der Waals surface area contributed by atoms with E-state index < -0.39 is 84.4 Å². The van der Waals surface area contributed by atoms with Crippen LogP contribution in [0.3, 0.4) is 0 Å². The summed E-state index contributed by atoms with van der Waals surface area (Å²) in [5.74, 6) is -4.03. The van der Waals surface area contributed by atoms with E-state index in [0.717, 1.165) is 18.7 Å². The van der Waals surface area contributed by atoms with E-state index in [1.165, 1.54) is 37.4 Å². The van der Waals surface area contributed by atoms with Crippen molar-refractivity contribution in [3.63, 3.8) is 0 Å². The van der Waals surface area contributed by atoms with Gasteiger partial charge in [-0.2, -0.15) is 26.3 Å². The molecule has 4 unspecified atom stereocenters. The van der Waals surface area contributed by atoms with Gasteiger partial charge in [-0.3, -0.25) is 9.59 Å². The molecule has 0 aromatic carbocycles. The van der Waals surface area contributed by atoms with Crippen LogP contribution in [0.15, 0.2) is 0 Å². The molecule has 2 fully saturated rings. The second-order valence-electron chi connectivity index (χ2n) is 11.6. The second kappa shape index (κ2) is 22.1. The third kappa shape index (κ3) is 14.7. The van der Waals surface area contributed by atoms with Crippen LogP contribution in [0.4, 0.5) is 26.3 Å². The van der Waals surface area contributed by atoms with Crippen LogP contribution in [0.5, 0.6) is 0 Å². The molecule has 22 heteroatoms. The summed E-state index contributed by atoms with van der Waals surface area (Å²) in [6, 6.07) is -2.73. The predicted molar refractivity (Wildman–Crippen MR) is 169 cm³/mol. The number of carbonyl (C=O) groups excluding carboxylic acids is 2. The number of hydrogen-bond donors (Lipinski definition) is 8. The van der Waals surface area contributed by atoms with Crippen LogP contribution in [0, 0.1) is 17.8 Å². The lowest BCUT2D eigenvalue weighted by Gasteiger charge is -2.46. The van der Waals surface area contributed by atoms with Gasteiger partial charge in [-0.05, 0) is 44.1 Å². The summed E-state index contributed by atoms with van der Waals surface area (Å²) in [4.78, 5) is 30.6. The van der Waals surface area contributed by atoms with E-state index in [9.17, 15) is 61.5 Å². The zero-order valence-corrected chi connectivity index (χ0v) is 30.3. The topological polar surface area (TPSA) is 216 Å². The van der Waals surface area contributed by atoms with Gasteiger partial charge < -0.3 is 50.7 Å². The molecule has 298 valence electrons. The molecule has 2 saturated heterocycles. The molecule has 14 nitrogen and oxygen atoms in total. The fraction of sp³-hybridized carbons (Fsp3) is 0.929. The standard InChI is InChI=1S/C14H24F3NO3S.C11H18F3NO6S.C3H8O3/c1-6-7(2)11(21-12(22-5)8(6)3)10(9(4)19)18-13(20)14(15,16)17;1-3(16)4(15-10(20)11(12,13)14)8-6(18)5(17)7(19)9(21-8)22-2;1-5-6-3-2-4/h6-12,19H,1-5H3,(H,18,20);3-9,16-19H,1-2H3,(H,15,20);4H,2-3H2,1H3/t6-,7?,8-,9-,10-,11+,12?;3-,4-,5-,6?,7-,8-,9?;/m11./s1. The molecule has 2 heterocycles.